The molecule has 1 aliphatic carbocycles. The highest BCUT2D eigenvalue weighted by Crippen LogP contribution is 2.40. The predicted octanol–water partition coefficient (Wildman–Crippen LogP) is 2.62. The molecule has 3 rings (SSSR count). The maximum Gasteiger partial charge on any atom is 0.308 e. The second kappa shape index (κ2) is 8.69. The first-order valence-electron chi connectivity index (χ1n) is 8.34. The molecular weight excluding hydrogens is 417 g/mol. The lowest BCUT2D eigenvalue weighted by Crippen LogP contribution is -2.47. The summed E-state index contributed by atoms with van der Waals surface area (Å²) in [5, 5.41) is 3.58. The van der Waals surface area contributed by atoms with Crippen LogP contribution in [-0.2, 0) is 9.53 Å². The normalized spacial score (nSPS) is 24.1. The van der Waals surface area contributed by atoms with Crippen molar-refractivity contribution in [1.82, 2.24) is 10.2 Å². The number of nitrogens with zero attached hydrogens (tertiary/aromatic N) is 2. The molecule has 0 amide bonds. The van der Waals surface area contributed by atoms with Gasteiger partial charge in [-0.3, -0.25) is 9.79 Å². The van der Waals surface area contributed by atoms with Gasteiger partial charge in [-0.2, -0.15) is 0 Å². The second-order valence-corrected chi connectivity index (χ2v) is 6.34. The van der Waals surface area contributed by atoms with Crippen LogP contribution in [0.5, 0.6) is 0 Å². The van der Waals surface area contributed by atoms with Crippen LogP contribution in [0.3, 0.4) is 0 Å². The van der Waals surface area contributed by atoms with Gasteiger partial charge in [-0.15, -0.1) is 24.0 Å². The Bertz CT molecular complexity index is 571. The summed E-state index contributed by atoms with van der Waals surface area (Å²) in [5.41, 5.74) is 1.39. The Morgan fingerprint density at radius 3 is 2.50 bits per heavy atom. The van der Waals surface area contributed by atoms with Gasteiger partial charge in [-0.25, -0.2) is 0 Å². The molecule has 1 saturated carbocycles. The number of nitrogens with one attached hydrogen (secondary N) is 1. The number of guanidine groups is 1. The largest absolute Gasteiger partial charge is 0.469 e. The SMILES string of the molecule is CN=C(NC1CC1c1ccccc1)N1CCC(C(=O)OC)CC1.I. The Balaban J connectivity index is 0.00000208. The molecule has 2 atom stereocenters. The molecule has 2 aliphatic rings. The van der Waals surface area contributed by atoms with Gasteiger partial charge in [0.2, 0.25) is 0 Å². The van der Waals surface area contributed by atoms with E-state index >= 15 is 0 Å². The first-order chi connectivity index (χ1) is 11.2. The number of piperidine rings is 1. The van der Waals surface area contributed by atoms with Gasteiger partial charge in [0.1, 0.15) is 0 Å². The number of halogens is 1. The highest BCUT2D eigenvalue weighted by molar-refractivity contribution is 14.0. The van der Waals surface area contributed by atoms with Crippen LogP contribution in [0.4, 0.5) is 0 Å². The number of esters is 1. The molecule has 0 aromatic heterocycles. The van der Waals surface area contributed by atoms with Crippen LogP contribution in [0.15, 0.2) is 35.3 Å². The van der Waals surface area contributed by atoms with Gasteiger partial charge in [0.25, 0.3) is 0 Å². The Hall–Kier alpha value is -1.31. The van der Waals surface area contributed by atoms with E-state index in [1.165, 1.54) is 12.7 Å². The molecule has 1 heterocycles. The molecule has 1 aliphatic heterocycles. The summed E-state index contributed by atoms with van der Waals surface area (Å²) < 4.78 is 4.85. The summed E-state index contributed by atoms with van der Waals surface area (Å²) in [6, 6.07) is 11.1. The van der Waals surface area contributed by atoms with Crippen molar-refractivity contribution in [3.8, 4) is 0 Å². The summed E-state index contributed by atoms with van der Waals surface area (Å²) in [6.07, 6.45) is 2.82. The van der Waals surface area contributed by atoms with Gasteiger partial charge in [0.15, 0.2) is 5.96 Å². The number of hydrogen-bond donors (Lipinski definition) is 1. The maximum atomic E-state index is 11.6. The molecule has 1 N–H and O–H groups in total. The van der Waals surface area contributed by atoms with E-state index in [0.717, 1.165) is 38.3 Å². The monoisotopic (exact) mass is 443 g/mol. The van der Waals surface area contributed by atoms with Crippen LogP contribution in [0.25, 0.3) is 0 Å². The number of carbonyl (C=O) groups is 1. The first-order valence-corrected chi connectivity index (χ1v) is 8.34. The van der Waals surface area contributed by atoms with Gasteiger partial charge in [0.05, 0.1) is 13.0 Å². The number of rotatable bonds is 3. The first kappa shape index (κ1) is 19.0. The second-order valence-electron chi connectivity index (χ2n) is 6.34. The van der Waals surface area contributed by atoms with Crippen molar-refractivity contribution in [1.29, 1.82) is 0 Å². The quantitative estimate of drug-likeness (QED) is 0.338. The average molecular weight is 443 g/mol. The van der Waals surface area contributed by atoms with Gasteiger partial charge in [-0.05, 0) is 24.8 Å². The fourth-order valence-electron chi connectivity index (χ4n) is 3.38. The molecule has 1 aromatic rings. The third-order valence-electron chi connectivity index (χ3n) is 4.87. The highest BCUT2D eigenvalue weighted by Gasteiger charge is 2.39. The minimum absolute atomic E-state index is 0. The van der Waals surface area contributed by atoms with E-state index in [1.807, 2.05) is 7.05 Å². The Morgan fingerprint density at radius 2 is 1.92 bits per heavy atom. The number of carbonyl (C=O) groups excluding carboxylic acids is 1. The standard InChI is InChI=1S/C18H25N3O2.HI/c1-19-18(21-10-8-14(9-11-21)17(22)23-2)20-16-12-15(16)13-6-4-3-5-7-13;/h3-7,14-16H,8-12H2,1-2H3,(H,19,20);1H. The maximum absolute atomic E-state index is 11.6. The van der Waals surface area contributed by atoms with E-state index in [9.17, 15) is 4.79 Å². The molecule has 2 fully saturated rings. The van der Waals surface area contributed by atoms with E-state index in [-0.39, 0.29) is 35.9 Å². The van der Waals surface area contributed by atoms with Gasteiger partial charge in [-0.1, -0.05) is 30.3 Å². The van der Waals surface area contributed by atoms with E-state index < -0.39 is 0 Å². The smallest absolute Gasteiger partial charge is 0.308 e. The molecule has 0 spiro atoms. The van der Waals surface area contributed by atoms with Gasteiger partial charge in [0, 0.05) is 32.1 Å². The highest BCUT2D eigenvalue weighted by atomic mass is 127. The van der Waals surface area contributed by atoms with Crippen LogP contribution < -0.4 is 5.32 Å². The summed E-state index contributed by atoms with van der Waals surface area (Å²) in [5.74, 6) is 1.49. The summed E-state index contributed by atoms with van der Waals surface area (Å²) >= 11 is 0. The molecule has 1 aromatic carbocycles. The topological polar surface area (TPSA) is 53.9 Å². The third-order valence-corrected chi connectivity index (χ3v) is 4.87. The van der Waals surface area contributed by atoms with Crippen molar-refractivity contribution < 1.29 is 9.53 Å². The molecule has 5 nitrogen and oxygen atoms in total. The van der Waals surface area contributed by atoms with Crippen LogP contribution in [0.2, 0.25) is 0 Å². The number of methoxy groups -OCH3 is 1. The van der Waals surface area contributed by atoms with Crippen LogP contribution in [0, 0.1) is 5.92 Å². The van der Waals surface area contributed by atoms with Gasteiger partial charge >= 0.3 is 5.97 Å². The van der Waals surface area contributed by atoms with E-state index in [1.54, 1.807) is 0 Å². The molecule has 6 heteroatoms. The molecule has 0 radical (unpaired) electrons. The number of benzene rings is 1. The van der Waals surface area contributed by atoms with Crippen LogP contribution >= 0.6 is 24.0 Å². The lowest BCUT2D eigenvalue weighted by molar-refractivity contribution is -0.146. The van der Waals surface area contributed by atoms with Crippen molar-refractivity contribution in [3.63, 3.8) is 0 Å². The molecular formula is C18H26IN3O2. The number of likely N-dealkylation sites (tertiary alicyclic amines) is 1. The minimum Gasteiger partial charge on any atom is -0.469 e. The van der Waals surface area contributed by atoms with Crippen molar-refractivity contribution in [2.45, 2.75) is 31.2 Å². The number of aliphatic imine (C=N–C) groups is 1. The van der Waals surface area contributed by atoms with Crippen molar-refractivity contribution in [2.75, 3.05) is 27.2 Å². The predicted molar refractivity (Wildman–Crippen MR) is 106 cm³/mol. The molecule has 24 heavy (non-hydrogen) atoms. The zero-order chi connectivity index (χ0) is 16.2. The zero-order valence-corrected chi connectivity index (χ0v) is 16.6. The minimum atomic E-state index is -0.0843. The summed E-state index contributed by atoms with van der Waals surface area (Å²) in [7, 11) is 3.29. The molecule has 2 unspecified atom stereocenters. The van der Waals surface area contributed by atoms with E-state index in [0.29, 0.717) is 12.0 Å². The van der Waals surface area contributed by atoms with Crippen molar-refractivity contribution in [3.05, 3.63) is 35.9 Å². The number of ether oxygens (including phenoxy) is 1. The van der Waals surface area contributed by atoms with Crippen molar-refractivity contribution >= 4 is 35.9 Å². The van der Waals surface area contributed by atoms with Crippen LogP contribution in [-0.4, -0.2) is 50.1 Å². The van der Waals surface area contributed by atoms with E-state index in [2.05, 4.69) is 45.5 Å². The Morgan fingerprint density at radius 1 is 1.25 bits per heavy atom. The lowest BCUT2D eigenvalue weighted by Gasteiger charge is -2.33. The Kier molecular flexibility index (Phi) is 6.89. The zero-order valence-electron chi connectivity index (χ0n) is 14.3. The molecule has 0 bridgehead atoms. The summed E-state index contributed by atoms with van der Waals surface area (Å²) in [4.78, 5) is 18.3. The fraction of sp³-hybridized carbons (Fsp3) is 0.556. The van der Waals surface area contributed by atoms with E-state index in [4.69, 9.17) is 4.74 Å². The summed E-state index contributed by atoms with van der Waals surface area (Å²) in [6.45, 7) is 1.70. The molecule has 1 saturated heterocycles. The lowest BCUT2D eigenvalue weighted by atomic mass is 9.97. The number of hydrogen-bond acceptors (Lipinski definition) is 3. The van der Waals surface area contributed by atoms with Gasteiger partial charge < -0.3 is 15.0 Å². The third kappa shape index (κ3) is 4.40. The van der Waals surface area contributed by atoms with Crippen molar-refractivity contribution in [2.24, 2.45) is 10.9 Å². The molecule has 132 valence electrons. The Labute approximate surface area is 160 Å². The fourth-order valence-corrected chi connectivity index (χ4v) is 3.38. The van der Waals surface area contributed by atoms with Crippen LogP contribution in [0.1, 0.15) is 30.7 Å². The average Bonchev–Trinajstić information content (AvgIpc) is 3.39.